The van der Waals surface area contributed by atoms with Crippen molar-refractivity contribution in [3.63, 3.8) is 0 Å². The third kappa shape index (κ3) is 4.80. The number of aryl methyl sites for hydroxylation is 1. The van der Waals surface area contributed by atoms with Gasteiger partial charge in [0.1, 0.15) is 11.6 Å². The highest BCUT2D eigenvalue weighted by Gasteiger charge is 2.23. The molecule has 0 aliphatic carbocycles. The average Bonchev–Trinajstić information content (AvgIpc) is 3.29. The Bertz CT molecular complexity index is 1270. The molecule has 4 heterocycles. The maximum Gasteiger partial charge on any atom is 0.223 e. The fraction of sp³-hybridized carbons (Fsp3) is 0.292. The molecule has 0 atom stereocenters. The monoisotopic (exact) mass is 460 g/mol. The van der Waals surface area contributed by atoms with Crippen molar-refractivity contribution >= 4 is 23.1 Å². The van der Waals surface area contributed by atoms with E-state index in [1.807, 2.05) is 40.1 Å². The Morgan fingerprint density at radius 2 is 1.85 bits per heavy atom. The number of carbonyl (C=O) groups is 1. The first-order valence-electron chi connectivity index (χ1n) is 11.3. The number of rotatable bonds is 7. The lowest BCUT2D eigenvalue weighted by Gasteiger charge is -2.36. The first kappa shape index (κ1) is 21.7. The van der Waals surface area contributed by atoms with Crippen LogP contribution in [-0.4, -0.2) is 61.8 Å². The first-order valence-corrected chi connectivity index (χ1v) is 11.3. The predicted octanol–water partition coefficient (Wildman–Crippen LogP) is 2.55. The Morgan fingerprint density at radius 3 is 2.65 bits per heavy atom. The molecule has 3 aromatic heterocycles. The van der Waals surface area contributed by atoms with E-state index in [9.17, 15) is 9.18 Å². The summed E-state index contributed by atoms with van der Waals surface area (Å²) in [6, 6.07) is 14.3. The highest BCUT2D eigenvalue weighted by Crippen LogP contribution is 2.20. The number of hydrogen-bond donors (Lipinski definition) is 1. The molecule has 5 rings (SSSR count). The van der Waals surface area contributed by atoms with Crippen LogP contribution in [0.2, 0.25) is 0 Å². The van der Waals surface area contributed by atoms with Gasteiger partial charge in [0, 0.05) is 58.0 Å². The summed E-state index contributed by atoms with van der Waals surface area (Å²) in [7, 11) is 0. The molecule has 0 bridgehead atoms. The van der Waals surface area contributed by atoms with E-state index in [2.05, 4.69) is 25.6 Å². The van der Waals surface area contributed by atoms with Crippen molar-refractivity contribution in [2.75, 3.05) is 36.4 Å². The summed E-state index contributed by atoms with van der Waals surface area (Å²) < 4.78 is 15.7. The summed E-state index contributed by atoms with van der Waals surface area (Å²) >= 11 is 0. The number of piperazine rings is 1. The molecule has 0 spiro atoms. The van der Waals surface area contributed by atoms with Crippen LogP contribution in [0.15, 0.2) is 60.9 Å². The number of aromatic nitrogens is 5. The summed E-state index contributed by atoms with van der Waals surface area (Å²) in [6.07, 6.45) is 4.29. The standard InChI is InChI=1S/C24H25FN8O/c25-19-5-1-2-6-20(19)31-12-14-32(15-13-31)24(34)10-9-23-29-28-22-8-7-21(30-33(22)23)27-17-18-4-3-11-26-16-18/h1-8,11,16H,9-10,12-15,17H2,(H,27,30). The van der Waals surface area contributed by atoms with Gasteiger partial charge in [0.05, 0.1) is 5.69 Å². The molecule has 1 saturated heterocycles. The van der Waals surface area contributed by atoms with Crippen molar-refractivity contribution < 1.29 is 9.18 Å². The summed E-state index contributed by atoms with van der Waals surface area (Å²) in [4.78, 5) is 20.7. The van der Waals surface area contributed by atoms with E-state index in [0.29, 0.717) is 68.5 Å². The number of benzene rings is 1. The van der Waals surface area contributed by atoms with E-state index in [0.717, 1.165) is 5.56 Å². The van der Waals surface area contributed by atoms with Crippen molar-refractivity contribution in [3.05, 3.63) is 78.1 Å². The van der Waals surface area contributed by atoms with Crippen LogP contribution in [0.4, 0.5) is 15.9 Å². The van der Waals surface area contributed by atoms with Crippen molar-refractivity contribution in [2.45, 2.75) is 19.4 Å². The summed E-state index contributed by atoms with van der Waals surface area (Å²) in [5.41, 5.74) is 2.27. The van der Waals surface area contributed by atoms with Gasteiger partial charge >= 0.3 is 0 Å². The maximum absolute atomic E-state index is 14.0. The largest absolute Gasteiger partial charge is 0.366 e. The number of pyridine rings is 1. The second kappa shape index (κ2) is 9.82. The lowest BCUT2D eigenvalue weighted by molar-refractivity contribution is -0.131. The Labute approximate surface area is 196 Å². The number of anilines is 2. The second-order valence-electron chi connectivity index (χ2n) is 8.14. The van der Waals surface area contributed by atoms with Crippen LogP contribution >= 0.6 is 0 Å². The van der Waals surface area contributed by atoms with Gasteiger partial charge < -0.3 is 15.1 Å². The number of hydrogen-bond acceptors (Lipinski definition) is 7. The number of halogens is 1. The molecule has 1 aliphatic rings. The average molecular weight is 461 g/mol. The van der Waals surface area contributed by atoms with E-state index < -0.39 is 0 Å². The molecule has 0 unspecified atom stereocenters. The third-order valence-electron chi connectivity index (χ3n) is 5.91. The minimum absolute atomic E-state index is 0.0517. The number of carbonyl (C=O) groups excluding carboxylic acids is 1. The molecule has 1 aliphatic heterocycles. The topological polar surface area (TPSA) is 91.5 Å². The highest BCUT2D eigenvalue weighted by atomic mass is 19.1. The van der Waals surface area contributed by atoms with Crippen molar-refractivity contribution in [3.8, 4) is 0 Å². The van der Waals surface area contributed by atoms with Gasteiger partial charge in [-0.25, -0.2) is 4.39 Å². The van der Waals surface area contributed by atoms with E-state index in [1.54, 1.807) is 29.0 Å². The molecular weight excluding hydrogens is 435 g/mol. The zero-order valence-corrected chi connectivity index (χ0v) is 18.6. The number of amides is 1. The van der Waals surface area contributed by atoms with Crippen molar-refractivity contribution in [1.29, 1.82) is 0 Å². The first-order chi connectivity index (χ1) is 16.7. The summed E-state index contributed by atoms with van der Waals surface area (Å²) in [5.74, 6) is 1.14. The number of para-hydroxylation sites is 1. The number of nitrogens with zero attached hydrogens (tertiary/aromatic N) is 7. The Balaban J connectivity index is 1.17. The molecule has 174 valence electrons. The molecule has 4 aromatic rings. The number of fused-ring (bicyclic) bond motifs is 1. The zero-order valence-electron chi connectivity index (χ0n) is 18.6. The highest BCUT2D eigenvalue weighted by molar-refractivity contribution is 5.76. The lowest BCUT2D eigenvalue weighted by atomic mass is 10.2. The minimum atomic E-state index is -0.234. The van der Waals surface area contributed by atoms with Gasteiger partial charge in [0.15, 0.2) is 11.5 Å². The van der Waals surface area contributed by atoms with Crippen LogP contribution in [-0.2, 0) is 17.8 Å². The van der Waals surface area contributed by atoms with E-state index >= 15 is 0 Å². The Kier molecular flexibility index (Phi) is 6.28. The van der Waals surface area contributed by atoms with Gasteiger partial charge in [-0.15, -0.1) is 15.3 Å². The predicted molar refractivity (Wildman–Crippen MR) is 126 cm³/mol. The molecule has 1 N–H and O–H groups in total. The van der Waals surface area contributed by atoms with Gasteiger partial charge in [0.2, 0.25) is 5.91 Å². The van der Waals surface area contributed by atoms with Gasteiger partial charge in [-0.3, -0.25) is 9.78 Å². The molecule has 0 radical (unpaired) electrons. The van der Waals surface area contributed by atoms with Crippen molar-refractivity contribution in [1.82, 2.24) is 29.7 Å². The fourth-order valence-electron chi connectivity index (χ4n) is 4.06. The third-order valence-corrected chi connectivity index (χ3v) is 5.91. The summed E-state index contributed by atoms with van der Waals surface area (Å²) in [5, 5.41) is 16.3. The molecule has 9 nitrogen and oxygen atoms in total. The summed E-state index contributed by atoms with van der Waals surface area (Å²) in [6.45, 7) is 2.94. The Morgan fingerprint density at radius 1 is 1.00 bits per heavy atom. The molecular formula is C24H25FN8O. The quantitative estimate of drug-likeness (QED) is 0.453. The van der Waals surface area contributed by atoms with Gasteiger partial charge in [-0.2, -0.15) is 4.52 Å². The zero-order chi connectivity index (χ0) is 23.3. The van der Waals surface area contributed by atoms with Crippen molar-refractivity contribution in [2.24, 2.45) is 0 Å². The van der Waals surface area contributed by atoms with Gasteiger partial charge in [-0.1, -0.05) is 18.2 Å². The fourth-order valence-corrected chi connectivity index (χ4v) is 4.06. The normalized spacial score (nSPS) is 13.9. The lowest BCUT2D eigenvalue weighted by Crippen LogP contribution is -2.49. The smallest absolute Gasteiger partial charge is 0.223 e. The van der Waals surface area contributed by atoms with Crippen LogP contribution in [0, 0.1) is 5.82 Å². The molecule has 0 saturated carbocycles. The minimum Gasteiger partial charge on any atom is -0.366 e. The van der Waals surface area contributed by atoms with Crippen LogP contribution in [0.3, 0.4) is 0 Å². The number of nitrogens with one attached hydrogen (secondary N) is 1. The van der Waals surface area contributed by atoms with Crippen LogP contribution in [0.1, 0.15) is 17.8 Å². The van der Waals surface area contributed by atoms with E-state index in [1.165, 1.54) is 6.07 Å². The molecule has 1 fully saturated rings. The van der Waals surface area contributed by atoms with Gasteiger partial charge in [-0.05, 0) is 35.9 Å². The van der Waals surface area contributed by atoms with E-state index in [-0.39, 0.29) is 11.7 Å². The van der Waals surface area contributed by atoms with Crippen LogP contribution in [0.5, 0.6) is 0 Å². The van der Waals surface area contributed by atoms with Crippen LogP contribution in [0.25, 0.3) is 5.65 Å². The molecule has 1 aromatic carbocycles. The molecule has 34 heavy (non-hydrogen) atoms. The van der Waals surface area contributed by atoms with E-state index in [4.69, 9.17) is 0 Å². The maximum atomic E-state index is 14.0. The van der Waals surface area contributed by atoms with Gasteiger partial charge in [0.25, 0.3) is 0 Å². The van der Waals surface area contributed by atoms with Crippen LogP contribution < -0.4 is 10.2 Å². The SMILES string of the molecule is O=C(CCc1nnc2ccc(NCc3cccnc3)nn12)N1CCN(c2ccccc2F)CC1. The molecule has 10 heteroatoms. The second-order valence-corrected chi connectivity index (χ2v) is 8.14. The molecule has 1 amide bonds. The Hall–Kier alpha value is -4.08.